The van der Waals surface area contributed by atoms with Crippen molar-refractivity contribution < 1.29 is 14.3 Å². The highest BCUT2D eigenvalue weighted by atomic mass is 35.5. The molecule has 0 radical (unpaired) electrons. The molecule has 3 N–H and O–H groups in total. The van der Waals surface area contributed by atoms with Crippen LogP contribution in [0.1, 0.15) is 35.3 Å². The number of ether oxygens (including phenoxy) is 1. The Balaban J connectivity index is 1.39. The molecule has 0 aliphatic carbocycles. The number of fused-ring (bicyclic) bond motifs is 1. The van der Waals surface area contributed by atoms with Crippen LogP contribution in [0.25, 0.3) is 0 Å². The molecule has 0 saturated carbocycles. The molecule has 9 heteroatoms. The minimum Gasteiger partial charge on any atom is -0.492 e. The normalized spacial score (nSPS) is 18.1. The number of hydrogen-bond acceptors (Lipinski definition) is 5. The SMILES string of the molecule is C/C=S(\NC(=O)Nc1ccc(CC2COc3cc(NC)c(C)cc3C(=O)C2C)cc1)c1ccc(Cl)s1. The summed E-state index contributed by atoms with van der Waals surface area (Å²) >= 11 is 7.49. The molecule has 190 valence electrons. The van der Waals surface area contributed by atoms with E-state index in [1.165, 1.54) is 11.3 Å². The van der Waals surface area contributed by atoms with Crippen LogP contribution in [0, 0.1) is 18.8 Å². The summed E-state index contributed by atoms with van der Waals surface area (Å²) in [5, 5.41) is 7.99. The average molecular weight is 544 g/mol. The number of urea groups is 1. The van der Waals surface area contributed by atoms with E-state index >= 15 is 0 Å². The summed E-state index contributed by atoms with van der Waals surface area (Å²) in [5.41, 5.74) is 4.42. The summed E-state index contributed by atoms with van der Waals surface area (Å²) in [5.74, 6) is 0.639. The fourth-order valence-electron chi connectivity index (χ4n) is 4.23. The molecule has 0 bridgehead atoms. The predicted molar refractivity (Wildman–Crippen MR) is 152 cm³/mol. The van der Waals surface area contributed by atoms with Crippen LogP contribution >= 0.6 is 33.6 Å². The molecule has 2 heterocycles. The van der Waals surface area contributed by atoms with Crippen molar-refractivity contribution in [1.29, 1.82) is 0 Å². The van der Waals surface area contributed by atoms with Crippen LogP contribution < -0.4 is 20.1 Å². The molecule has 36 heavy (non-hydrogen) atoms. The third kappa shape index (κ3) is 5.94. The van der Waals surface area contributed by atoms with E-state index in [1.807, 2.05) is 81.7 Å². The number of thiophene rings is 1. The molecule has 0 spiro atoms. The van der Waals surface area contributed by atoms with Gasteiger partial charge in [-0.05, 0) is 67.1 Å². The van der Waals surface area contributed by atoms with Gasteiger partial charge in [-0.2, -0.15) is 0 Å². The summed E-state index contributed by atoms with van der Waals surface area (Å²) in [4.78, 5) is 25.8. The molecular formula is C27H30ClN3O3S2. The van der Waals surface area contributed by atoms with Crippen LogP contribution in [-0.2, 0) is 6.42 Å². The molecular weight excluding hydrogens is 514 g/mol. The number of carbonyl (C=O) groups excluding carboxylic acids is 2. The number of hydrogen-bond donors (Lipinski definition) is 3. The molecule has 4 rings (SSSR count). The van der Waals surface area contributed by atoms with Gasteiger partial charge in [0.2, 0.25) is 0 Å². The second-order valence-corrected chi connectivity index (χ2v) is 12.5. The van der Waals surface area contributed by atoms with Crippen molar-refractivity contribution >= 4 is 62.2 Å². The van der Waals surface area contributed by atoms with Crippen molar-refractivity contribution in [2.45, 2.75) is 31.4 Å². The maximum absolute atomic E-state index is 13.2. The van der Waals surface area contributed by atoms with E-state index in [-0.39, 0.29) is 23.7 Å². The van der Waals surface area contributed by atoms with Crippen molar-refractivity contribution in [3.8, 4) is 5.75 Å². The Bertz CT molecular complexity index is 1300. The number of benzene rings is 2. The molecule has 1 aliphatic heterocycles. The van der Waals surface area contributed by atoms with Crippen LogP contribution in [-0.4, -0.2) is 30.8 Å². The summed E-state index contributed by atoms with van der Waals surface area (Å²) in [6.07, 6.45) is 0.707. The second kappa shape index (κ2) is 11.5. The fourth-order valence-corrected chi connectivity index (χ4v) is 7.10. The van der Waals surface area contributed by atoms with Crippen LogP contribution in [0.4, 0.5) is 16.2 Å². The van der Waals surface area contributed by atoms with Crippen LogP contribution in [0.15, 0.2) is 52.7 Å². The number of halogens is 1. The van der Waals surface area contributed by atoms with Gasteiger partial charge in [0.1, 0.15) is 5.75 Å². The lowest BCUT2D eigenvalue weighted by Crippen LogP contribution is -2.25. The van der Waals surface area contributed by atoms with E-state index in [9.17, 15) is 9.59 Å². The average Bonchev–Trinajstić information content (AvgIpc) is 3.27. The topological polar surface area (TPSA) is 79.5 Å². The van der Waals surface area contributed by atoms with Gasteiger partial charge in [-0.1, -0.05) is 41.3 Å². The molecule has 1 aliphatic rings. The molecule has 3 atom stereocenters. The van der Waals surface area contributed by atoms with Gasteiger partial charge in [-0.15, -0.1) is 11.3 Å². The summed E-state index contributed by atoms with van der Waals surface area (Å²) in [6.45, 7) is 6.35. The van der Waals surface area contributed by atoms with Gasteiger partial charge in [0.15, 0.2) is 5.78 Å². The highest BCUT2D eigenvalue weighted by Crippen LogP contribution is 2.35. The zero-order valence-corrected chi connectivity index (χ0v) is 23.1. The third-order valence-electron chi connectivity index (χ3n) is 6.35. The lowest BCUT2D eigenvalue weighted by Gasteiger charge is -2.20. The first kappa shape index (κ1) is 26.3. The van der Waals surface area contributed by atoms with Gasteiger partial charge in [0.05, 0.1) is 20.7 Å². The van der Waals surface area contributed by atoms with Gasteiger partial charge < -0.3 is 15.4 Å². The number of anilines is 2. The minimum absolute atomic E-state index is 0.0463. The Hall–Kier alpha value is -2.81. The van der Waals surface area contributed by atoms with E-state index in [2.05, 4.69) is 15.4 Å². The van der Waals surface area contributed by atoms with Crippen molar-refractivity contribution in [3.05, 3.63) is 69.6 Å². The number of aryl methyl sites for hydroxylation is 1. The zero-order chi connectivity index (χ0) is 25.8. The van der Waals surface area contributed by atoms with Gasteiger partial charge >= 0.3 is 6.03 Å². The van der Waals surface area contributed by atoms with Gasteiger partial charge in [-0.25, -0.2) is 4.79 Å². The smallest absolute Gasteiger partial charge is 0.329 e. The zero-order valence-electron chi connectivity index (χ0n) is 20.7. The Labute approximate surface area is 223 Å². The monoisotopic (exact) mass is 543 g/mol. The number of nitrogens with one attached hydrogen (secondary N) is 3. The summed E-state index contributed by atoms with van der Waals surface area (Å²) < 4.78 is 10.8. The largest absolute Gasteiger partial charge is 0.492 e. The standard InChI is InChI=1S/C27H30ClN3O3S2/c1-5-36(25-11-10-24(28)35-25)31-27(33)30-20-8-6-18(7-9-20)13-19-15-34-23-14-22(29-4)16(2)12-21(23)26(32)17(19)3/h5-12,14,17,19,29H,13,15H2,1-4H3,(H2,30,31,33). The lowest BCUT2D eigenvalue weighted by molar-refractivity contribution is 0.0879. The Morgan fingerprint density at radius 1 is 1.22 bits per heavy atom. The molecule has 1 aromatic heterocycles. The molecule has 0 saturated heterocycles. The Morgan fingerprint density at radius 3 is 2.61 bits per heavy atom. The predicted octanol–water partition coefficient (Wildman–Crippen LogP) is 7.01. The van der Waals surface area contributed by atoms with E-state index in [4.69, 9.17) is 16.3 Å². The summed E-state index contributed by atoms with van der Waals surface area (Å²) in [6, 6.07) is 15.0. The first-order valence-electron chi connectivity index (χ1n) is 11.7. The number of ketones is 1. The second-order valence-electron chi connectivity index (χ2n) is 8.73. The van der Waals surface area contributed by atoms with Crippen molar-refractivity contribution in [3.63, 3.8) is 0 Å². The van der Waals surface area contributed by atoms with Crippen LogP contribution in [0.2, 0.25) is 4.34 Å². The molecule has 6 nitrogen and oxygen atoms in total. The van der Waals surface area contributed by atoms with E-state index in [0.717, 1.165) is 21.0 Å². The van der Waals surface area contributed by atoms with Crippen LogP contribution in [0.3, 0.4) is 0 Å². The minimum atomic E-state index is -0.520. The molecule has 2 amide bonds. The number of Topliss-reactive ketones (excluding diaryl/α,β-unsaturated/α-hetero) is 1. The first-order chi connectivity index (χ1) is 17.3. The molecule has 3 aromatic rings. The fraction of sp³-hybridized carbons (Fsp3) is 0.296. The van der Waals surface area contributed by atoms with Gasteiger partial charge in [-0.3, -0.25) is 9.52 Å². The third-order valence-corrected chi connectivity index (χ3v) is 9.61. The molecule has 3 unspecified atom stereocenters. The van der Waals surface area contributed by atoms with Crippen LogP contribution in [0.5, 0.6) is 5.75 Å². The van der Waals surface area contributed by atoms with E-state index in [1.54, 1.807) is 0 Å². The van der Waals surface area contributed by atoms with Crippen molar-refractivity contribution in [1.82, 2.24) is 4.72 Å². The number of amides is 2. The first-order valence-corrected chi connectivity index (χ1v) is 14.2. The highest BCUT2D eigenvalue weighted by Gasteiger charge is 2.31. The van der Waals surface area contributed by atoms with Crippen molar-refractivity contribution in [2.75, 3.05) is 24.3 Å². The van der Waals surface area contributed by atoms with Gasteiger partial charge in [0.25, 0.3) is 0 Å². The Kier molecular flexibility index (Phi) is 8.39. The molecule has 2 aromatic carbocycles. The molecule has 0 fully saturated rings. The quantitative estimate of drug-likeness (QED) is 0.292. The van der Waals surface area contributed by atoms with E-state index < -0.39 is 10.7 Å². The summed E-state index contributed by atoms with van der Waals surface area (Å²) in [7, 11) is 1.34. The highest BCUT2D eigenvalue weighted by molar-refractivity contribution is 8.15. The number of carbonyl (C=O) groups is 2. The van der Waals surface area contributed by atoms with E-state index in [0.29, 0.717) is 34.4 Å². The maximum Gasteiger partial charge on any atom is 0.329 e. The lowest BCUT2D eigenvalue weighted by atomic mass is 9.84. The number of rotatable bonds is 6. The van der Waals surface area contributed by atoms with Gasteiger partial charge in [0, 0.05) is 36.3 Å². The van der Waals surface area contributed by atoms with Crippen molar-refractivity contribution in [2.24, 2.45) is 11.8 Å². The Morgan fingerprint density at radius 2 is 1.97 bits per heavy atom. The maximum atomic E-state index is 13.2.